The van der Waals surface area contributed by atoms with Crippen LogP contribution in [0, 0.1) is 0 Å². The molecule has 0 saturated heterocycles. The molecule has 0 amide bonds. The first-order valence-corrected chi connectivity index (χ1v) is 5.97. The van der Waals surface area contributed by atoms with Crippen LogP contribution in [0.2, 0.25) is 0 Å². The number of nitrogens with zero attached hydrogens (tertiary/aromatic N) is 1. The van der Waals surface area contributed by atoms with Gasteiger partial charge < -0.3 is 10.2 Å². The average molecular weight is 258 g/mol. The SMILES string of the molecule is CN(C)CC1CCNc2ccc(C(F)(F)F)cc21. The van der Waals surface area contributed by atoms with Crippen LogP contribution < -0.4 is 5.32 Å². The van der Waals surface area contributed by atoms with Gasteiger partial charge in [-0.15, -0.1) is 0 Å². The molecule has 5 heteroatoms. The van der Waals surface area contributed by atoms with Gasteiger partial charge in [0, 0.05) is 24.7 Å². The Morgan fingerprint density at radius 2 is 2.06 bits per heavy atom. The summed E-state index contributed by atoms with van der Waals surface area (Å²) >= 11 is 0. The standard InChI is InChI=1S/C13H17F3N2/c1-18(2)8-9-5-6-17-12-4-3-10(7-11(9)12)13(14,15)16/h3-4,7,9,17H,5-6,8H2,1-2H3. The lowest BCUT2D eigenvalue weighted by atomic mass is 9.89. The number of hydrogen-bond acceptors (Lipinski definition) is 2. The normalized spacial score (nSPS) is 19.6. The van der Waals surface area contributed by atoms with Gasteiger partial charge in [-0.2, -0.15) is 13.2 Å². The van der Waals surface area contributed by atoms with Gasteiger partial charge in [-0.25, -0.2) is 0 Å². The zero-order valence-electron chi connectivity index (χ0n) is 10.5. The molecule has 0 fully saturated rings. The lowest BCUT2D eigenvalue weighted by Crippen LogP contribution is -2.26. The van der Waals surface area contributed by atoms with E-state index in [-0.39, 0.29) is 5.92 Å². The van der Waals surface area contributed by atoms with Gasteiger partial charge >= 0.3 is 6.18 Å². The number of hydrogen-bond donors (Lipinski definition) is 1. The molecule has 1 aliphatic rings. The van der Waals surface area contributed by atoms with Crippen LogP contribution in [0.4, 0.5) is 18.9 Å². The summed E-state index contributed by atoms with van der Waals surface area (Å²) in [5, 5.41) is 3.16. The van der Waals surface area contributed by atoms with Crippen molar-refractivity contribution >= 4 is 5.69 Å². The number of halogens is 3. The zero-order valence-corrected chi connectivity index (χ0v) is 10.5. The summed E-state index contributed by atoms with van der Waals surface area (Å²) in [4.78, 5) is 2.01. The molecule has 1 atom stereocenters. The first kappa shape index (κ1) is 13.2. The average Bonchev–Trinajstić information content (AvgIpc) is 2.27. The third kappa shape index (κ3) is 2.77. The number of anilines is 1. The third-order valence-corrected chi connectivity index (χ3v) is 3.21. The van der Waals surface area contributed by atoms with E-state index in [1.807, 2.05) is 19.0 Å². The lowest BCUT2D eigenvalue weighted by molar-refractivity contribution is -0.137. The predicted octanol–water partition coefficient (Wildman–Crippen LogP) is 3.17. The number of benzene rings is 1. The molecule has 0 aliphatic carbocycles. The van der Waals surface area contributed by atoms with E-state index in [1.54, 1.807) is 6.07 Å². The zero-order chi connectivity index (χ0) is 13.3. The molecule has 100 valence electrons. The Labute approximate surface area is 105 Å². The Bertz CT molecular complexity index is 427. The fourth-order valence-electron chi connectivity index (χ4n) is 2.40. The molecule has 1 aromatic rings. The fraction of sp³-hybridized carbons (Fsp3) is 0.538. The van der Waals surface area contributed by atoms with Crippen molar-refractivity contribution in [2.45, 2.75) is 18.5 Å². The minimum Gasteiger partial charge on any atom is -0.385 e. The number of nitrogens with one attached hydrogen (secondary N) is 1. The molecular weight excluding hydrogens is 241 g/mol. The summed E-state index contributed by atoms with van der Waals surface area (Å²) in [5.74, 6) is 0.165. The van der Waals surface area contributed by atoms with Gasteiger partial charge in [0.2, 0.25) is 0 Å². The van der Waals surface area contributed by atoms with Crippen LogP contribution in [0.5, 0.6) is 0 Å². The van der Waals surface area contributed by atoms with Crippen LogP contribution in [0.25, 0.3) is 0 Å². The maximum absolute atomic E-state index is 12.7. The Balaban J connectivity index is 2.35. The quantitative estimate of drug-likeness (QED) is 0.876. The Morgan fingerprint density at radius 3 is 2.67 bits per heavy atom. The van der Waals surface area contributed by atoms with Crippen molar-refractivity contribution in [3.63, 3.8) is 0 Å². The molecule has 0 spiro atoms. The minimum absolute atomic E-state index is 0.165. The van der Waals surface area contributed by atoms with E-state index < -0.39 is 11.7 Å². The van der Waals surface area contributed by atoms with E-state index in [1.165, 1.54) is 6.07 Å². The highest BCUT2D eigenvalue weighted by molar-refractivity contribution is 5.56. The van der Waals surface area contributed by atoms with E-state index >= 15 is 0 Å². The summed E-state index contributed by atoms with van der Waals surface area (Å²) in [7, 11) is 3.88. The highest BCUT2D eigenvalue weighted by Gasteiger charge is 2.32. The van der Waals surface area contributed by atoms with Gasteiger partial charge in [0.25, 0.3) is 0 Å². The monoisotopic (exact) mass is 258 g/mol. The van der Waals surface area contributed by atoms with Crippen molar-refractivity contribution in [2.24, 2.45) is 0 Å². The van der Waals surface area contributed by atoms with Crippen LogP contribution in [0.15, 0.2) is 18.2 Å². The molecule has 0 bridgehead atoms. The topological polar surface area (TPSA) is 15.3 Å². The van der Waals surface area contributed by atoms with E-state index in [9.17, 15) is 13.2 Å². The molecule has 2 nitrogen and oxygen atoms in total. The van der Waals surface area contributed by atoms with E-state index in [2.05, 4.69) is 5.32 Å². The highest BCUT2D eigenvalue weighted by Crippen LogP contribution is 2.37. The van der Waals surface area contributed by atoms with Crippen LogP contribution in [0.1, 0.15) is 23.5 Å². The Hall–Kier alpha value is -1.23. The molecule has 1 N–H and O–H groups in total. The maximum atomic E-state index is 12.7. The van der Waals surface area contributed by atoms with Crippen molar-refractivity contribution in [2.75, 3.05) is 32.5 Å². The molecule has 0 radical (unpaired) electrons. The van der Waals surface area contributed by atoms with Crippen LogP contribution in [0.3, 0.4) is 0 Å². The van der Waals surface area contributed by atoms with Crippen LogP contribution >= 0.6 is 0 Å². The van der Waals surface area contributed by atoms with Crippen molar-refractivity contribution in [1.29, 1.82) is 0 Å². The van der Waals surface area contributed by atoms with E-state index in [0.29, 0.717) is 0 Å². The predicted molar refractivity (Wildman–Crippen MR) is 65.8 cm³/mol. The largest absolute Gasteiger partial charge is 0.416 e. The number of rotatable bonds is 2. The number of fused-ring (bicyclic) bond motifs is 1. The lowest BCUT2D eigenvalue weighted by Gasteiger charge is -2.29. The first-order chi connectivity index (χ1) is 8.38. The van der Waals surface area contributed by atoms with Crippen LogP contribution in [-0.2, 0) is 6.18 Å². The van der Waals surface area contributed by atoms with Crippen LogP contribution in [-0.4, -0.2) is 32.1 Å². The Morgan fingerprint density at radius 1 is 1.33 bits per heavy atom. The van der Waals surface area contributed by atoms with Crippen molar-refractivity contribution in [3.05, 3.63) is 29.3 Å². The van der Waals surface area contributed by atoms with Gasteiger partial charge in [0.1, 0.15) is 0 Å². The van der Waals surface area contributed by atoms with Gasteiger partial charge in [0.05, 0.1) is 5.56 Å². The second kappa shape index (κ2) is 4.80. The van der Waals surface area contributed by atoms with Gasteiger partial charge in [-0.3, -0.25) is 0 Å². The molecule has 1 heterocycles. The van der Waals surface area contributed by atoms with Gasteiger partial charge in [-0.1, -0.05) is 0 Å². The van der Waals surface area contributed by atoms with E-state index in [0.717, 1.165) is 36.8 Å². The summed E-state index contributed by atoms with van der Waals surface area (Å²) in [6.07, 6.45) is -3.40. The summed E-state index contributed by atoms with van der Waals surface area (Å²) in [6.45, 7) is 1.59. The first-order valence-electron chi connectivity index (χ1n) is 5.97. The summed E-state index contributed by atoms with van der Waals surface area (Å²) < 4.78 is 38.1. The number of likely N-dealkylation sites (N-methyl/N-ethyl adjacent to an activating group) is 1. The molecule has 18 heavy (non-hydrogen) atoms. The second-order valence-electron chi connectivity index (χ2n) is 4.97. The molecular formula is C13H17F3N2. The van der Waals surface area contributed by atoms with Crippen molar-refractivity contribution in [3.8, 4) is 0 Å². The van der Waals surface area contributed by atoms with Crippen molar-refractivity contribution < 1.29 is 13.2 Å². The highest BCUT2D eigenvalue weighted by atomic mass is 19.4. The minimum atomic E-state index is -4.27. The number of alkyl halides is 3. The molecule has 1 aromatic carbocycles. The van der Waals surface area contributed by atoms with Crippen molar-refractivity contribution in [1.82, 2.24) is 4.90 Å². The molecule has 1 unspecified atom stereocenters. The second-order valence-corrected chi connectivity index (χ2v) is 4.97. The summed E-state index contributed by atoms with van der Waals surface area (Å²) in [5.41, 5.74) is 1.06. The molecule has 0 saturated carbocycles. The smallest absolute Gasteiger partial charge is 0.385 e. The van der Waals surface area contributed by atoms with Gasteiger partial charge in [-0.05, 0) is 44.3 Å². The Kier molecular flexibility index (Phi) is 3.52. The van der Waals surface area contributed by atoms with Gasteiger partial charge in [0.15, 0.2) is 0 Å². The molecule has 0 aromatic heterocycles. The fourth-order valence-corrected chi connectivity index (χ4v) is 2.40. The van der Waals surface area contributed by atoms with E-state index in [4.69, 9.17) is 0 Å². The summed E-state index contributed by atoms with van der Waals surface area (Å²) in [6, 6.07) is 3.97. The molecule has 2 rings (SSSR count). The molecule has 1 aliphatic heterocycles. The third-order valence-electron chi connectivity index (χ3n) is 3.21. The maximum Gasteiger partial charge on any atom is 0.416 e.